The lowest BCUT2D eigenvalue weighted by Crippen LogP contribution is -2.19. The monoisotopic (exact) mass is 615 g/mol. The molecule has 254 valence electrons. The first kappa shape index (κ1) is 41.9. The number of aliphatic carboxylic acids is 1. The van der Waals surface area contributed by atoms with Crippen LogP contribution in [0.1, 0.15) is 187 Å². The van der Waals surface area contributed by atoms with Crippen LogP contribution in [0.15, 0.2) is 48.6 Å². The number of carbonyl (C=O) groups is 2. The Bertz CT molecular complexity index is 748. The van der Waals surface area contributed by atoms with E-state index in [0.29, 0.717) is 12.8 Å². The molecule has 1 unspecified atom stereocenters. The van der Waals surface area contributed by atoms with E-state index in [2.05, 4.69) is 62.5 Å². The van der Waals surface area contributed by atoms with Crippen molar-refractivity contribution < 1.29 is 19.4 Å². The van der Waals surface area contributed by atoms with Gasteiger partial charge in [-0.2, -0.15) is 0 Å². The summed E-state index contributed by atoms with van der Waals surface area (Å²) in [6, 6.07) is 0. The van der Waals surface area contributed by atoms with Gasteiger partial charge in [0.1, 0.15) is 6.10 Å². The first-order valence-electron chi connectivity index (χ1n) is 18.6. The number of rotatable bonds is 33. The van der Waals surface area contributed by atoms with Gasteiger partial charge in [-0.25, -0.2) is 0 Å². The lowest BCUT2D eigenvalue weighted by Gasteiger charge is -2.17. The molecule has 0 fully saturated rings. The van der Waals surface area contributed by atoms with E-state index in [1.165, 1.54) is 89.9 Å². The van der Waals surface area contributed by atoms with Crippen molar-refractivity contribution in [3.63, 3.8) is 0 Å². The van der Waals surface area contributed by atoms with Crippen LogP contribution in [0.3, 0.4) is 0 Å². The third kappa shape index (κ3) is 34.4. The molecule has 0 aliphatic heterocycles. The highest BCUT2D eigenvalue weighted by molar-refractivity contribution is 5.69. The maximum absolute atomic E-state index is 12.4. The van der Waals surface area contributed by atoms with E-state index in [1.54, 1.807) is 0 Å². The second-order valence-corrected chi connectivity index (χ2v) is 12.4. The van der Waals surface area contributed by atoms with E-state index < -0.39 is 5.97 Å². The van der Waals surface area contributed by atoms with Gasteiger partial charge in [0.25, 0.3) is 0 Å². The molecule has 4 heteroatoms. The minimum atomic E-state index is -0.822. The highest BCUT2D eigenvalue weighted by Gasteiger charge is 2.15. The Kier molecular flexibility index (Phi) is 33.7. The van der Waals surface area contributed by atoms with Gasteiger partial charge in [0, 0.05) is 12.8 Å². The third-order valence-corrected chi connectivity index (χ3v) is 8.07. The number of esters is 1. The first-order chi connectivity index (χ1) is 21.6. The Hall–Kier alpha value is -2.10. The minimum Gasteiger partial charge on any atom is -0.481 e. The molecule has 0 aromatic carbocycles. The number of carboxylic acids is 1. The number of carbonyl (C=O) groups excluding carboxylic acids is 1. The highest BCUT2D eigenvalue weighted by Crippen LogP contribution is 2.17. The van der Waals surface area contributed by atoms with E-state index in [-0.39, 0.29) is 18.5 Å². The van der Waals surface area contributed by atoms with Crippen molar-refractivity contribution in [2.24, 2.45) is 0 Å². The molecule has 0 aromatic heterocycles. The molecule has 0 spiro atoms. The Labute approximate surface area is 272 Å². The van der Waals surface area contributed by atoms with Crippen LogP contribution in [0.2, 0.25) is 0 Å². The largest absolute Gasteiger partial charge is 0.481 e. The van der Waals surface area contributed by atoms with Crippen LogP contribution in [-0.4, -0.2) is 23.1 Å². The predicted molar refractivity (Wildman–Crippen MR) is 190 cm³/mol. The molecule has 0 saturated carbocycles. The average Bonchev–Trinajstić information content (AvgIpc) is 3.01. The van der Waals surface area contributed by atoms with Gasteiger partial charge in [-0.3, -0.25) is 9.59 Å². The van der Waals surface area contributed by atoms with Crippen LogP contribution in [0, 0.1) is 0 Å². The summed E-state index contributed by atoms with van der Waals surface area (Å²) < 4.78 is 5.71. The van der Waals surface area contributed by atoms with Crippen molar-refractivity contribution in [3.8, 4) is 0 Å². The van der Waals surface area contributed by atoms with Gasteiger partial charge >= 0.3 is 11.9 Å². The molecule has 0 amide bonds. The summed E-state index contributed by atoms with van der Waals surface area (Å²) in [4.78, 5) is 23.5. The fourth-order valence-corrected chi connectivity index (χ4v) is 5.27. The van der Waals surface area contributed by atoms with Crippen molar-refractivity contribution in [2.45, 2.75) is 193 Å². The molecular formula is C40H70O4. The van der Waals surface area contributed by atoms with Crippen LogP contribution < -0.4 is 0 Å². The molecule has 0 bridgehead atoms. The van der Waals surface area contributed by atoms with Crippen LogP contribution in [0.25, 0.3) is 0 Å². The van der Waals surface area contributed by atoms with Gasteiger partial charge in [0.15, 0.2) is 0 Å². The zero-order valence-corrected chi connectivity index (χ0v) is 29.0. The van der Waals surface area contributed by atoms with E-state index in [9.17, 15) is 9.59 Å². The standard InChI is InChI=1S/C40H70O4/c1-3-5-7-9-11-13-15-17-18-19-20-21-22-23-25-27-29-31-33-35-40(43)44-38(36-37-39(41)42)34-32-30-28-26-24-16-14-12-10-8-6-4-2/h11,13,17-18,20-21,23,25,38H,3-10,12,14-16,19,22,24,26-37H2,1-2H3,(H,41,42)/b13-11-,18-17-,21-20-,25-23-. The average molecular weight is 615 g/mol. The lowest BCUT2D eigenvalue weighted by molar-refractivity contribution is -0.151. The Balaban J connectivity index is 3.84. The van der Waals surface area contributed by atoms with E-state index in [4.69, 9.17) is 9.84 Å². The highest BCUT2D eigenvalue weighted by atomic mass is 16.5. The number of ether oxygens (including phenoxy) is 1. The third-order valence-electron chi connectivity index (χ3n) is 8.07. The number of hydrogen-bond acceptors (Lipinski definition) is 3. The summed E-state index contributed by atoms with van der Waals surface area (Å²) in [5, 5.41) is 9.09. The molecule has 0 saturated heterocycles. The first-order valence-corrected chi connectivity index (χ1v) is 18.6. The molecule has 0 aromatic rings. The molecule has 4 nitrogen and oxygen atoms in total. The number of hydrogen-bond donors (Lipinski definition) is 1. The van der Waals surface area contributed by atoms with Gasteiger partial charge in [-0.05, 0) is 70.6 Å². The minimum absolute atomic E-state index is 0.0608. The molecule has 0 radical (unpaired) electrons. The maximum atomic E-state index is 12.4. The fraction of sp³-hybridized carbons (Fsp3) is 0.750. The van der Waals surface area contributed by atoms with Crippen molar-refractivity contribution >= 4 is 11.9 Å². The fourth-order valence-electron chi connectivity index (χ4n) is 5.27. The zero-order chi connectivity index (χ0) is 32.2. The molecule has 0 aliphatic rings. The van der Waals surface area contributed by atoms with Crippen molar-refractivity contribution in [3.05, 3.63) is 48.6 Å². The smallest absolute Gasteiger partial charge is 0.306 e. The zero-order valence-electron chi connectivity index (χ0n) is 29.0. The summed E-state index contributed by atoms with van der Waals surface area (Å²) >= 11 is 0. The van der Waals surface area contributed by atoms with Gasteiger partial charge in [0.2, 0.25) is 0 Å². The SMILES string of the molecule is CCCCC/C=C\C/C=C\C/C=C\C/C=C\CCCCCC(=O)OC(CCCCCCCCCCCCCC)CCC(=O)O. The van der Waals surface area contributed by atoms with Crippen LogP contribution in [0.5, 0.6) is 0 Å². The topological polar surface area (TPSA) is 63.6 Å². The van der Waals surface area contributed by atoms with Gasteiger partial charge < -0.3 is 9.84 Å². The van der Waals surface area contributed by atoms with Crippen LogP contribution >= 0.6 is 0 Å². The van der Waals surface area contributed by atoms with Gasteiger partial charge in [0.05, 0.1) is 0 Å². The quantitative estimate of drug-likeness (QED) is 0.0454. The predicted octanol–water partition coefficient (Wildman–Crippen LogP) is 12.8. The van der Waals surface area contributed by atoms with Crippen LogP contribution in [-0.2, 0) is 14.3 Å². The molecule has 1 N–H and O–H groups in total. The second-order valence-electron chi connectivity index (χ2n) is 12.4. The van der Waals surface area contributed by atoms with Crippen molar-refractivity contribution in [2.75, 3.05) is 0 Å². The van der Waals surface area contributed by atoms with Crippen molar-refractivity contribution in [1.29, 1.82) is 0 Å². The summed E-state index contributed by atoms with van der Waals surface area (Å²) in [7, 11) is 0. The second kappa shape index (κ2) is 35.4. The summed E-state index contributed by atoms with van der Waals surface area (Å²) in [5.41, 5.74) is 0. The normalized spacial score (nSPS) is 12.8. The number of unbranched alkanes of at least 4 members (excludes halogenated alkanes) is 17. The summed E-state index contributed by atoms with van der Waals surface area (Å²) in [6.45, 7) is 4.50. The Morgan fingerprint density at radius 3 is 1.41 bits per heavy atom. The van der Waals surface area contributed by atoms with Crippen molar-refractivity contribution in [1.82, 2.24) is 0 Å². The van der Waals surface area contributed by atoms with Gasteiger partial charge in [-0.1, -0.05) is 152 Å². The molecule has 44 heavy (non-hydrogen) atoms. The number of carboxylic acid groups (broad SMARTS) is 1. The van der Waals surface area contributed by atoms with Gasteiger partial charge in [-0.15, -0.1) is 0 Å². The Morgan fingerprint density at radius 2 is 0.909 bits per heavy atom. The molecule has 0 heterocycles. The summed E-state index contributed by atoms with van der Waals surface area (Å²) in [5.74, 6) is -0.991. The van der Waals surface area contributed by atoms with E-state index >= 15 is 0 Å². The van der Waals surface area contributed by atoms with E-state index in [0.717, 1.165) is 64.2 Å². The molecule has 0 rings (SSSR count). The molecular weight excluding hydrogens is 544 g/mol. The summed E-state index contributed by atoms with van der Waals surface area (Å²) in [6.07, 6.45) is 46.9. The van der Waals surface area contributed by atoms with Crippen LogP contribution in [0.4, 0.5) is 0 Å². The lowest BCUT2D eigenvalue weighted by atomic mass is 10.0. The molecule has 0 aliphatic carbocycles. The molecule has 1 atom stereocenters. The number of allylic oxidation sites excluding steroid dienone is 8. The maximum Gasteiger partial charge on any atom is 0.306 e. The van der Waals surface area contributed by atoms with E-state index in [1.807, 2.05) is 0 Å². The Morgan fingerprint density at radius 1 is 0.500 bits per heavy atom.